The number of fused-ring (bicyclic) bond motifs is 2. The number of aromatic amines is 2. The Hall–Kier alpha value is -3.61. The van der Waals surface area contributed by atoms with Crippen LogP contribution in [-0.4, -0.2) is 44.4 Å². The maximum atomic E-state index is 13.3. The highest BCUT2D eigenvalue weighted by molar-refractivity contribution is 5.78. The summed E-state index contributed by atoms with van der Waals surface area (Å²) >= 11 is 0. The van der Waals surface area contributed by atoms with E-state index in [0.29, 0.717) is 13.0 Å². The third kappa shape index (κ3) is 3.79. The SMILES string of the molecule is COc1cccc(CCCC(=O)N2CCc3[nH]cnc3[C@H]2c2nc3ccccc3[nH]2)c1. The van der Waals surface area contributed by atoms with Gasteiger partial charge in [0, 0.05) is 25.1 Å². The van der Waals surface area contributed by atoms with Crippen LogP contribution in [0.5, 0.6) is 5.75 Å². The number of aromatic nitrogens is 4. The van der Waals surface area contributed by atoms with E-state index in [1.807, 2.05) is 47.4 Å². The van der Waals surface area contributed by atoms with Gasteiger partial charge in [-0.25, -0.2) is 9.97 Å². The van der Waals surface area contributed by atoms with Gasteiger partial charge in [0.1, 0.15) is 17.6 Å². The van der Waals surface area contributed by atoms with Crippen molar-refractivity contribution in [1.82, 2.24) is 24.8 Å². The summed E-state index contributed by atoms with van der Waals surface area (Å²) in [6.07, 6.45) is 4.57. The van der Waals surface area contributed by atoms with E-state index in [4.69, 9.17) is 9.72 Å². The lowest BCUT2D eigenvalue weighted by Crippen LogP contribution is -2.41. The Balaban J connectivity index is 1.35. The maximum Gasteiger partial charge on any atom is 0.223 e. The minimum absolute atomic E-state index is 0.127. The average molecular weight is 415 g/mol. The fourth-order valence-electron chi connectivity index (χ4n) is 4.34. The van der Waals surface area contributed by atoms with Gasteiger partial charge in [-0.1, -0.05) is 24.3 Å². The van der Waals surface area contributed by atoms with Crippen LogP contribution in [0.15, 0.2) is 54.9 Å². The second-order valence-electron chi connectivity index (χ2n) is 7.85. The predicted octanol–water partition coefficient (Wildman–Crippen LogP) is 3.79. The highest BCUT2D eigenvalue weighted by Crippen LogP contribution is 2.33. The number of nitrogens with zero attached hydrogens (tertiary/aromatic N) is 3. The molecule has 0 saturated heterocycles. The van der Waals surface area contributed by atoms with Gasteiger partial charge in [-0.2, -0.15) is 0 Å². The highest BCUT2D eigenvalue weighted by atomic mass is 16.5. The predicted molar refractivity (Wildman–Crippen MR) is 118 cm³/mol. The molecule has 31 heavy (non-hydrogen) atoms. The first-order valence-corrected chi connectivity index (χ1v) is 10.6. The van der Waals surface area contributed by atoms with Crippen LogP contribution < -0.4 is 4.74 Å². The van der Waals surface area contributed by atoms with E-state index >= 15 is 0 Å². The molecule has 0 aliphatic carbocycles. The van der Waals surface area contributed by atoms with Crippen LogP contribution in [0.4, 0.5) is 0 Å². The molecular weight excluding hydrogens is 390 g/mol. The Morgan fingerprint density at radius 1 is 1.23 bits per heavy atom. The first-order valence-electron chi connectivity index (χ1n) is 10.6. The van der Waals surface area contributed by atoms with Crippen LogP contribution in [0.25, 0.3) is 11.0 Å². The lowest BCUT2D eigenvalue weighted by Gasteiger charge is -2.34. The van der Waals surface area contributed by atoms with Gasteiger partial charge in [-0.3, -0.25) is 4.79 Å². The molecule has 5 rings (SSSR count). The molecule has 1 atom stereocenters. The molecule has 7 heteroatoms. The number of hydrogen-bond donors (Lipinski definition) is 2. The zero-order valence-corrected chi connectivity index (χ0v) is 17.5. The normalized spacial score (nSPS) is 15.8. The van der Waals surface area contributed by atoms with Crippen molar-refractivity contribution in [2.24, 2.45) is 0 Å². The topological polar surface area (TPSA) is 86.9 Å². The number of amides is 1. The molecule has 2 aromatic carbocycles. The first kappa shape index (κ1) is 19.4. The van der Waals surface area contributed by atoms with E-state index < -0.39 is 0 Å². The Morgan fingerprint density at radius 2 is 2.13 bits per heavy atom. The van der Waals surface area contributed by atoms with Gasteiger partial charge in [0.05, 0.1) is 30.2 Å². The average Bonchev–Trinajstić information content (AvgIpc) is 3.45. The summed E-state index contributed by atoms with van der Waals surface area (Å²) < 4.78 is 5.30. The van der Waals surface area contributed by atoms with Crippen LogP contribution in [0.3, 0.4) is 0 Å². The Kier molecular flexibility index (Phi) is 5.16. The van der Waals surface area contributed by atoms with E-state index in [1.54, 1.807) is 13.4 Å². The number of hydrogen-bond acceptors (Lipinski definition) is 4. The lowest BCUT2D eigenvalue weighted by molar-refractivity contribution is -0.133. The summed E-state index contributed by atoms with van der Waals surface area (Å²) in [5, 5.41) is 0. The number of ether oxygens (including phenoxy) is 1. The molecule has 0 fully saturated rings. The number of carbonyl (C=O) groups excluding carboxylic acids is 1. The van der Waals surface area contributed by atoms with Gasteiger partial charge < -0.3 is 19.6 Å². The van der Waals surface area contributed by atoms with Gasteiger partial charge in [0.2, 0.25) is 5.91 Å². The van der Waals surface area contributed by atoms with Crippen molar-refractivity contribution >= 4 is 16.9 Å². The molecule has 0 radical (unpaired) electrons. The standard InChI is InChI=1S/C24H25N5O2/c1-31-17-8-4-6-16(14-17)7-5-11-21(30)29-13-12-20-22(26-15-25-20)23(29)24-27-18-9-2-3-10-19(18)28-24/h2-4,6,8-10,14-15,23H,5,7,11-13H2,1H3,(H,25,26)(H,27,28)/t23-/m0/s1. The maximum absolute atomic E-state index is 13.3. The number of para-hydroxylation sites is 2. The van der Waals surface area contributed by atoms with Gasteiger partial charge in [0.25, 0.3) is 0 Å². The Bertz CT molecular complexity index is 1180. The molecule has 2 aromatic heterocycles. The molecule has 4 aromatic rings. The molecule has 0 spiro atoms. The Morgan fingerprint density at radius 3 is 3.00 bits per heavy atom. The van der Waals surface area contributed by atoms with Gasteiger partial charge in [0.15, 0.2) is 0 Å². The van der Waals surface area contributed by atoms with Crippen molar-refractivity contribution in [3.05, 3.63) is 77.6 Å². The fourth-order valence-corrected chi connectivity index (χ4v) is 4.34. The smallest absolute Gasteiger partial charge is 0.223 e. The van der Waals surface area contributed by atoms with E-state index in [2.05, 4.69) is 21.0 Å². The van der Waals surface area contributed by atoms with Crippen molar-refractivity contribution in [1.29, 1.82) is 0 Å². The Labute approximate surface area is 180 Å². The molecule has 1 aliphatic heterocycles. The van der Waals surface area contributed by atoms with Crippen LogP contribution in [-0.2, 0) is 17.6 Å². The van der Waals surface area contributed by atoms with Crippen molar-refractivity contribution in [3.8, 4) is 5.75 Å². The number of imidazole rings is 2. The number of rotatable bonds is 6. The van der Waals surface area contributed by atoms with Crippen molar-refractivity contribution < 1.29 is 9.53 Å². The van der Waals surface area contributed by atoms with E-state index in [-0.39, 0.29) is 11.9 Å². The van der Waals surface area contributed by atoms with Gasteiger partial charge in [-0.05, 0) is 42.7 Å². The van der Waals surface area contributed by atoms with Crippen molar-refractivity contribution in [3.63, 3.8) is 0 Å². The molecular formula is C24H25N5O2. The zero-order chi connectivity index (χ0) is 21.2. The molecule has 0 unspecified atom stereocenters. The quantitative estimate of drug-likeness (QED) is 0.502. The van der Waals surface area contributed by atoms with E-state index in [9.17, 15) is 4.79 Å². The molecule has 158 valence electrons. The van der Waals surface area contributed by atoms with Gasteiger partial charge in [-0.15, -0.1) is 0 Å². The summed E-state index contributed by atoms with van der Waals surface area (Å²) in [4.78, 5) is 31.1. The van der Waals surface area contributed by atoms with Gasteiger partial charge >= 0.3 is 0 Å². The molecule has 0 saturated carbocycles. The second kappa shape index (κ2) is 8.26. The van der Waals surface area contributed by atoms with Crippen molar-refractivity contribution in [2.45, 2.75) is 31.7 Å². The number of nitrogens with one attached hydrogen (secondary N) is 2. The minimum Gasteiger partial charge on any atom is -0.497 e. The van der Waals surface area contributed by atoms with Crippen LogP contribution in [0.2, 0.25) is 0 Å². The molecule has 0 bridgehead atoms. The summed E-state index contributed by atoms with van der Waals surface area (Å²) in [7, 11) is 1.67. The molecule has 7 nitrogen and oxygen atoms in total. The largest absolute Gasteiger partial charge is 0.497 e. The summed E-state index contributed by atoms with van der Waals surface area (Å²) in [6, 6.07) is 15.6. The fraction of sp³-hybridized carbons (Fsp3) is 0.292. The molecule has 1 aliphatic rings. The number of aryl methyl sites for hydroxylation is 1. The third-order valence-electron chi connectivity index (χ3n) is 5.90. The minimum atomic E-state index is -0.299. The number of carbonyl (C=O) groups is 1. The second-order valence-corrected chi connectivity index (χ2v) is 7.85. The van der Waals surface area contributed by atoms with Crippen LogP contribution in [0.1, 0.15) is 41.7 Å². The highest BCUT2D eigenvalue weighted by Gasteiger charge is 2.35. The lowest BCUT2D eigenvalue weighted by atomic mass is 10.0. The van der Waals surface area contributed by atoms with Crippen LogP contribution in [0, 0.1) is 0 Å². The molecule has 2 N–H and O–H groups in total. The van der Waals surface area contributed by atoms with Crippen LogP contribution >= 0.6 is 0 Å². The molecule has 1 amide bonds. The number of benzene rings is 2. The summed E-state index contributed by atoms with van der Waals surface area (Å²) in [5.74, 6) is 1.73. The van der Waals surface area contributed by atoms with Crippen molar-refractivity contribution in [2.75, 3.05) is 13.7 Å². The first-order chi connectivity index (χ1) is 15.2. The number of methoxy groups -OCH3 is 1. The summed E-state index contributed by atoms with van der Waals surface area (Å²) in [5.41, 5.74) is 4.99. The zero-order valence-electron chi connectivity index (χ0n) is 17.5. The summed E-state index contributed by atoms with van der Waals surface area (Å²) in [6.45, 7) is 0.648. The third-order valence-corrected chi connectivity index (χ3v) is 5.90. The monoisotopic (exact) mass is 415 g/mol. The van der Waals surface area contributed by atoms with E-state index in [0.717, 1.165) is 53.3 Å². The number of H-pyrrole nitrogens is 2. The van der Waals surface area contributed by atoms with E-state index in [1.165, 1.54) is 5.56 Å². The molecule has 3 heterocycles.